The van der Waals surface area contributed by atoms with Crippen LogP contribution >= 0.6 is 0 Å². The molecule has 0 atom stereocenters. The van der Waals surface area contributed by atoms with Crippen molar-refractivity contribution in [3.63, 3.8) is 0 Å². The highest BCUT2D eigenvalue weighted by molar-refractivity contribution is 5.69. The summed E-state index contributed by atoms with van der Waals surface area (Å²) in [5.41, 5.74) is 1.49. The van der Waals surface area contributed by atoms with Crippen molar-refractivity contribution < 1.29 is 5.11 Å². The van der Waals surface area contributed by atoms with Crippen LogP contribution in [0.1, 0.15) is 5.56 Å². The normalized spacial score (nSPS) is 11.8. The van der Waals surface area contributed by atoms with E-state index in [9.17, 15) is 5.11 Å². The van der Waals surface area contributed by atoms with Crippen molar-refractivity contribution in [3.05, 3.63) is 61.4 Å². The van der Waals surface area contributed by atoms with Crippen molar-refractivity contribution >= 4 is 5.57 Å². The third kappa shape index (κ3) is 2.66. The number of hydrogen-bond donors (Lipinski definition) is 2. The molecule has 0 spiro atoms. The molecule has 0 unspecified atom stereocenters. The Labute approximate surface area is 84.6 Å². The van der Waals surface area contributed by atoms with Crippen LogP contribution < -0.4 is 5.32 Å². The van der Waals surface area contributed by atoms with Gasteiger partial charge in [-0.1, -0.05) is 36.4 Å². The van der Waals surface area contributed by atoms with E-state index in [0.717, 1.165) is 5.56 Å². The zero-order valence-corrected chi connectivity index (χ0v) is 8.03. The number of aliphatic hydroxyl groups is 1. The van der Waals surface area contributed by atoms with Gasteiger partial charge in [-0.2, -0.15) is 0 Å². The maximum absolute atomic E-state index is 9.56. The first kappa shape index (κ1) is 10.4. The lowest BCUT2D eigenvalue weighted by atomic mass is 10.1. The smallest absolute Gasteiger partial charge is 0.188 e. The Balaban J connectivity index is 2.81. The van der Waals surface area contributed by atoms with Gasteiger partial charge >= 0.3 is 0 Å². The molecule has 2 N–H and O–H groups in total. The average molecular weight is 188 g/mol. The van der Waals surface area contributed by atoms with Gasteiger partial charge in [-0.25, -0.2) is 0 Å². The van der Waals surface area contributed by atoms with Gasteiger partial charge in [0.15, 0.2) is 5.88 Å². The Morgan fingerprint density at radius 3 is 2.57 bits per heavy atom. The maximum atomic E-state index is 9.56. The fourth-order valence-electron chi connectivity index (χ4n) is 1.05. The van der Waals surface area contributed by atoms with Crippen LogP contribution in [0, 0.1) is 6.92 Å². The summed E-state index contributed by atoms with van der Waals surface area (Å²) in [5.74, 6) is 0.0936. The average Bonchev–Trinajstić information content (AvgIpc) is 2.26. The standard InChI is InChI=1S/C12H14NO/c1-3-9-13-12(14)10(2)11-7-5-4-6-8-11/h3-8,13-14H,1-2,9H2/b12-10-. The summed E-state index contributed by atoms with van der Waals surface area (Å²) in [7, 11) is 0. The number of allylic oxidation sites excluding steroid dienone is 1. The molecule has 0 saturated heterocycles. The van der Waals surface area contributed by atoms with E-state index in [-0.39, 0.29) is 5.88 Å². The fraction of sp³-hybridized carbons (Fsp3) is 0.0833. The summed E-state index contributed by atoms with van der Waals surface area (Å²) >= 11 is 0. The third-order valence-corrected chi connectivity index (χ3v) is 1.82. The molecule has 1 aromatic carbocycles. The van der Waals surface area contributed by atoms with Gasteiger partial charge in [0.25, 0.3) is 0 Å². The lowest BCUT2D eigenvalue weighted by molar-refractivity contribution is 0.374. The molecule has 14 heavy (non-hydrogen) atoms. The SMILES string of the molecule is [CH2]/C(=C(/O)NCC=C)c1ccccc1. The molecular weight excluding hydrogens is 174 g/mol. The zero-order valence-electron chi connectivity index (χ0n) is 8.03. The van der Waals surface area contributed by atoms with Gasteiger partial charge in [0.05, 0.1) is 0 Å². The predicted molar refractivity (Wildman–Crippen MR) is 59.5 cm³/mol. The van der Waals surface area contributed by atoms with Crippen LogP contribution in [0.2, 0.25) is 0 Å². The molecule has 0 aliphatic rings. The van der Waals surface area contributed by atoms with Crippen LogP contribution in [-0.2, 0) is 0 Å². The Hall–Kier alpha value is -1.70. The van der Waals surface area contributed by atoms with E-state index in [1.54, 1.807) is 6.08 Å². The first-order chi connectivity index (χ1) is 6.75. The van der Waals surface area contributed by atoms with Crippen molar-refractivity contribution in [1.82, 2.24) is 5.32 Å². The second-order valence-corrected chi connectivity index (χ2v) is 2.86. The zero-order chi connectivity index (χ0) is 10.4. The van der Waals surface area contributed by atoms with Crippen LogP contribution in [0.3, 0.4) is 0 Å². The van der Waals surface area contributed by atoms with Crippen molar-refractivity contribution in [2.45, 2.75) is 0 Å². The molecule has 1 radical (unpaired) electrons. The van der Waals surface area contributed by atoms with Crippen molar-refractivity contribution in [2.75, 3.05) is 6.54 Å². The Bertz CT molecular complexity index is 327. The largest absolute Gasteiger partial charge is 0.495 e. The van der Waals surface area contributed by atoms with Gasteiger partial charge in [-0.3, -0.25) is 0 Å². The van der Waals surface area contributed by atoms with E-state index >= 15 is 0 Å². The highest BCUT2D eigenvalue weighted by atomic mass is 16.3. The summed E-state index contributed by atoms with van der Waals surface area (Å²) in [6.45, 7) is 7.87. The molecule has 2 heteroatoms. The number of rotatable bonds is 4. The van der Waals surface area contributed by atoms with E-state index in [1.165, 1.54) is 0 Å². The van der Waals surface area contributed by atoms with Crippen molar-refractivity contribution in [2.24, 2.45) is 0 Å². The Morgan fingerprint density at radius 2 is 2.00 bits per heavy atom. The number of aliphatic hydroxyl groups excluding tert-OH is 1. The minimum absolute atomic E-state index is 0.0936. The summed E-state index contributed by atoms with van der Waals surface area (Å²) in [6.07, 6.45) is 1.68. The molecule has 0 saturated carbocycles. The molecule has 0 aromatic heterocycles. The van der Waals surface area contributed by atoms with Gasteiger partial charge in [-0.15, -0.1) is 6.58 Å². The quantitative estimate of drug-likeness (QED) is 0.562. The maximum Gasteiger partial charge on any atom is 0.188 e. The molecule has 73 valence electrons. The van der Waals surface area contributed by atoms with Crippen LogP contribution in [-0.4, -0.2) is 11.7 Å². The Kier molecular flexibility index (Phi) is 3.80. The van der Waals surface area contributed by atoms with E-state index in [4.69, 9.17) is 0 Å². The minimum Gasteiger partial charge on any atom is -0.495 e. The lowest BCUT2D eigenvalue weighted by Crippen LogP contribution is -2.13. The van der Waals surface area contributed by atoms with E-state index in [2.05, 4.69) is 18.8 Å². The monoisotopic (exact) mass is 188 g/mol. The topological polar surface area (TPSA) is 32.3 Å². The predicted octanol–water partition coefficient (Wildman–Crippen LogP) is 2.52. The first-order valence-corrected chi connectivity index (χ1v) is 4.41. The van der Waals surface area contributed by atoms with Crippen LogP contribution in [0.4, 0.5) is 0 Å². The summed E-state index contributed by atoms with van der Waals surface area (Å²) in [6, 6.07) is 9.52. The molecule has 2 nitrogen and oxygen atoms in total. The minimum atomic E-state index is 0.0936. The molecule has 0 bridgehead atoms. The lowest BCUT2D eigenvalue weighted by Gasteiger charge is -2.07. The molecule has 0 heterocycles. The van der Waals surface area contributed by atoms with Crippen molar-refractivity contribution in [3.8, 4) is 0 Å². The summed E-state index contributed by atoms with van der Waals surface area (Å²) in [5, 5.41) is 12.3. The third-order valence-electron chi connectivity index (χ3n) is 1.82. The molecule has 0 amide bonds. The molecule has 0 aliphatic carbocycles. The molecule has 1 rings (SSSR count). The van der Waals surface area contributed by atoms with E-state index in [1.807, 2.05) is 30.3 Å². The van der Waals surface area contributed by atoms with Gasteiger partial charge < -0.3 is 10.4 Å². The van der Waals surface area contributed by atoms with Crippen LogP contribution in [0.5, 0.6) is 0 Å². The highest BCUT2D eigenvalue weighted by Gasteiger charge is 2.00. The second kappa shape index (κ2) is 5.12. The number of nitrogens with one attached hydrogen (secondary N) is 1. The van der Waals surface area contributed by atoms with Gasteiger partial charge in [-0.05, 0) is 12.5 Å². The van der Waals surface area contributed by atoms with Crippen molar-refractivity contribution in [1.29, 1.82) is 0 Å². The molecule has 0 aliphatic heterocycles. The molecule has 1 aromatic rings. The fourth-order valence-corrected chi connectivity index (χ4v) is 1.05. The van der Waals surface area contributed by atoms with Gasteiger partial charge in [0, 0.05) is 12.1 Å². The Morgan fingerprint density at radius 1 is 1.36 bits per heavy atom. The van der Waals surface area contributed by atoms with Crippen LogP contribution in [0.15, 0.2) is 48.9 Å². The molecule has 0 fully saturated rings. The van der Waals surface area contributed by atoms with Gasteiger partial charge in [0.2, 0.25) is 0 Å². The molecular formula is C12H14NO. The summed E-state index contributed by atoms with van der Waals surface area (Å²) in [4.78, 5) is 0. The summed E-state index contributed by atoms with van der Waals surface area (Å²) < 4.78 is 0. The first-order valence-electron chi connectivity index (χ1n) is 4.41. The van der Waals surface area contributed by atoms with E-state index in [0.29, 0.717) is 12.1 Å². The highest BCUT2D eigenvalue weighted by Crippen LogP contribution is 2.14. The second-order valence-electron chi connectivity index (χ2n) is 2.86. The van der Waals surface area contributed by atoms with Gasteiger partial charge in [0.1, 0.15) is 0 Å². The van der Waals surface area contributed by atoms with Crippen LogP contribution in [0.25, 0.3) is 5.57 Å². The number of benzene rings is 1. The number of hydrogen-bond acceptors (Lipinski definition) is 2. The van der Waals surface area contributed by atoms with E-state index < -0.39 is 0 Å².